The molecule has 3 heteroatoms. The van der Waals surface area contributed by atoms with E-state index in [-0.39, 0.29) is 12.0 Å². The van der Waals surface area contributed by atoms with Crippen molar-refractivity contribution in [3.63, 3.8) is 0 Å². The predicted molar refractivity (Wildman–Crippen MR) is 67.6 cm³/mol. The van der Waals surface area contributed by atoms with Crippen molar-refractivity contribution in [1.82, 2.24) is 9.55 Å². The van der Waals surface area contributed by atoms with Gasteiger partial charge in [0.05, 0.1) is 6.10 Å². The summed E-state index contributed by atoms with van der Waals surface area (Å²) in [6.07, 6.45) is 7.21. The normalized spacial score (nSPS) is 12.9. The summed E-state index contributed by atoms with van der Waals surface area (Å²) in [6, 6.07) is 5.98. The van der Waals surface area contributed by atoms with Crippen molar-refractivity contribution in [2.24, 2.45) is 5.92 Å². The monoisotopic (exact) mass is 230 g/mol. The first-order valence-corrected chi connectivity index (χ1v) is 5.89. The first kappa shape index (κ1) is 11.9. The first-order chi connectivity index (χ1) is 8.16. The summed E-state index contributed by atoms with van der Waals surface area (Å²) in [5.74, 6) is 0.242. The molecule has 0 amide bonds. The molecule has 17 heavy (non-hydrogen) atoms. The molecule has 0 aliphatic carbocycles. The van der Waals surface area contributed by atoms with Gasteiger partial charge in [0.25, 0.3) is 0 Å². The molecule has 1 N–H and O–H groups in total. The minimum Gasteiger partial charge on any atom is -0.388 e. The largest absolute Gasteiger partial charge is 0.388 e. The van der Waals surface area contributed by atoms with E-state index in [0.717, 1.165) is 12.1 Å². The van der Waals surface area contributed by atoms with Gasteiger partial charge in [-0.2, -0.15) is 0 Å². The van der Waals surface area contributed by atoms with E-state index in [2.05, 4.69) is 9.55 Å². The van der Waals surface area contributed by atoms with Crippen LogP contribution in [-0.2, 0) is 6.54 Å². The highest BCUT2D eigenvalue weighted by atomic mass is 16.3. The second-order valence-electron chi connectivity index (χ2n) is 4.66. The maximum atomic E-state index is 9.95. The summed E-state index contributed by atoms with van der Waals surface area (Å²) in [6.45, 7) is 4.85. The Balaban J connectivity index is 2.09. The van der Waals surface area contributed by atoms with E-state index >= 15 is 0 Å². The molecule has 0 aromatic carbocycles. The van der Waals surface area contributed by atoms with Crippen LogP contribution < -0.4 is 0 Å². The van der Waals surface area contributed by atoms with Crippen LogP contribution in [0.1, 0.15) is 31.1 Å². The van der Waals surface area contributed by atoms with Crippen LogP contribution in [0.15, 0.2) is 43.0 Å². The number of nitrogens with zero attached hydrogens (tertiary/aromatic N) is 2. The lowest BCUT2D eigenvalue weighted by molar-refractivity contribution is 0.127. The van der Waals surface area contributed by atoms with Gasteiger partial charge in [-0.25, -0.2) is 0 Å². The average Bonchev–Trinajstić information content (AvgIpc) is 2.77. The van der Waals surface area contributed by atoms with Crippen molar-refractivity contribution in [2.75, 3.05) is 0 Å². The van der Waals surface area contributed by atoms with Crippen LogP contribution in [0.5, 0.6) is 0 Å². The zero-order chi connectivity index (χ0) is 12.3. The Hall–Kier alpha value is -1.61. The Kier molecular flexibility index (Phi) is 3.59. The predicted octanol–water partition coefficient (Wildman–Crippen LogP) is 2.62. The van der Waals surface area contributed by atoms with E-state index in [4.69, 9.17) is 0 Å². The average molecular weight is 230 g/mol. The molecular weight excluding hydrogens is 212 g/mol. The molecule has 0 saturated carbocycles. The number of rotatable bonds is 4. The summed E-state index contributed by atoms with van der Waals surface area (Å²) in [5, 5.41) is 9.95. The lowest BCUT2D eigenvalue weighted by Gasteiger charge is -2.12. The van der Waals surface area contributed by atoms with Crippen molar-refractivity contribution in [1.29, 1.82) is 0 Å². The maximum absolute atomic E-state index is 9.95. The van der Waals surface area contributed by atoms with E-state index in [1.54, 1.807) is 12.4 Å². The van der Waals surface area contributed by atoms with Crippen LogP contribution in [0.2, 0.25) is 0 Å². The van der Waals surface area contributed by atoms with Crippen LogP contribution in [-0.4, -0.2) is 14.7 Å². The molecular formula is C14H18N2O. The number of hydrogen-bond donors (Lipinski definition) is 1. The zero-order valence-electron chi connectivity index (χ0n) is 10.2. The van der Waals surface area contributed by atoms with E-state index < -0.39 is 0 Å². The van der Waals surface area contributed by atoms with Gasteiger partial charge in [0, 0.05) is 31.3 Å². The highest BCUT2D eigenvalue weighted by molar-refractivity contribution is 5.17. The standard InChI is InChI=1S/C14H18N2O/c1-11(2)14(17)13-5-8-16(10-13)9-12-3-6-15-7-4-12/h3-8,10-11,14,17H,9H2,1-2H3. The zero-order valence-corrected chi connectivity index (χ0v) is 10.2. The second kappa shape index (κ2) is 5.15. The lowest BCUT2D eigenvalue weighted by Crippen LogP contribution is -2.04. The number of pyridine rings is 1. The SMILES string of the molecule is CC(C)C(O)c1ccn(Cc2ccncc2)c1. The molecule has 90 valence electrons. The van der Waals surface area contributed by atoms with Crippen LogP contribution in [0, 0.1) is 5.92 Å². The third-order valence-electron chi connectivity index (χ3n) is 2.86. The Bertz CT molecular complexity index is 462. The van der Waals surface area contributed by atoms with Crippen molar-refractivity contribution >= 4 is 0 Å². The van der Waals surface area contributed by atoms with Gasteiger partial charge < -0.3 is 9.67 Å². The minimum absolute atomic E-state index is 0.242. The summed E-state index contributed by atoms with van der Waals surface area (Å²) < 4.78 is 2.08. The van der Waals surface area contributed by atoms with Crippen LogP contribution in [0.25, 0.3) is 0 Å². The van der Waals surface area contributed by atoms with E-state index in [1.807, 2.05) is 44.4 Å². The molecule has 3 nitrogen and oxygen atoms in total. The van der Waals surface area contributed by atoms with Gasteiger partial charge in [-0.3, -0.25) is 4.98 Å². The third kappa shape index (κ3) is 2.94. The molecule has 2 aromatic heterocycles. The van der Waals surface area contributed by atoms with Gasteiger partial charge in [-0.1, -0.05) is 13.8 Å². The highest BCUT2D eigenvalue weighted by Gasteiger charge is 2.12. The number of aromatic nitrogens is 2. The summed E-state index contributed by atoms with van der Waals surface area (Å²) in [4.78, 5) is 3.99. The third-order valence-corrected chi connectivity index (χ3v) is 2.86. The molecule has 0 bridgehead atoms. The lowest BCUT2D eigenvalue weighted by atomic mass is 10.0. The highest BCUT2D eigenvalue weighted by Crippen LogP contribution is 2.21. The molecule has 0 aliphatic rings. The van der Waals surface area contributed by atoms with E-state index in [9.17, 15) is 5.11 Å². The smallest absolute Gasteiger partial charge is 0.0827 e. The Morgan fingerprint density at radius 3 is 2.59 bits per heavy atom. The fourth-order valence-electron chi connectivity index (χ4n) is 1.82. The molecule has 0 spiro atoms. The summed E-state index contributed by atoms with van der Waals surface area (Å²) in [5.41, 5.74) is 2.19. The van der Waals surface area contributed by atoms with Gasteiger partial charge >= 0.3 is 0 Å². The van der Waals surface area contributed by atoms with Gasteiger partial charge in [0.15, 0.2) is 0 Å². The minimum atomic E-state index is -0.381. The Labute approximate surface area is 102 Å². The number of aliphatic hydroxyl groups is 1. The number of aliphatic hydroxyl groups excluding tert-OH is 1. The van der Waals surface area contributed by atoms with Crippen molar-refractivity contribution in [3.05, 3.63) is 54.1 Å². The molecule has 0 saturated heterocycles. The quantitative estimate of drug-likeness (QED) is 0.876. The molecule has 2 aromatic rings. The van der Waals surface area contributed by atoms with Crippen molar-refractivity contribution in [3.8, 4) is 0 Å². The second-order valence-corrected chi connectivity index (χ2v) is 4.66. The Morgan fingerprint density at radius 2 is 1.94 bits per heavy atom. The van der Waals surface area contributed by atoms with Crippen LogP contribution in [0.3, 0.4) is 0 Å². The molecule has 1 atom stereocenters. The van der Waals surface area contributed by atoms with Crippen LogP contribution >= 0.6 is 0 Å². The van der Waals surface area contributed by atoms with Crippen molar-refractivity contribution < 1.29 is 5.11 Å². The molecule has 1 unspecified atom stereocenters. The van der Waals surface area contributed by atoms with Crippen molar-refractivity contribution in [2.45, 2.75) is 26.5 Å². The van der Waals surface area contributed by atoms with E-state index in [1.165, 1.54) is 5.56 Å². The van der Waals surface area contributed by atoms with Gasteiger partial charge in [-0.15, -0.1) is 0 Å². The van der Waals surface area contributed by atoms with E-state index in [0.29, 0.717) is 0 Å². The van der Waals surface area contributed by atoms with Gasteiger partial charge in [0.2, 0.25) is 0 Å². The molecule has 0 radical (unpaired) electrons. The fraction of sp³-hybridized carbons (Fsp3) is 0.357. The van der Waals surface area contributed by atoms with Gasteiger partial charge in [-0.05, 0) is 35.2 Å². The summed E-state index contributed by atoms with van der Waals surface area (Å²) >= 11 is 0. The summed E-state index contributed by atoms with van der Waals surface area (Å²) in [7, 11) is 0. The van der Waals surface area contributed by atoms with Gasteiger partial charge in [0.1, 0.15) is 0 Å². The number of hydrogen-bond acceptors (Lipinski definition) is 2. The van der Waals surface area contributed by atoms with Crippen LogP contribution in [0.4, 0.5) is 0 Å². The topological polar surface area (TPSA) is 38.0 Å². The molecule has 0 fully saturated rings. The molecule has 2 rings (SSSR count). The maximum Gasteiger partial charge on any atom is 0.0827 e. The first-order valence-electron chi connectivity index (χ1n) is 5.89. The fourth-order valence-corrected chi connectivity index (χ4v) is 1.82. The molecule has 2 heterocycles. The molecule has 0 aliphatic heterocycles. The Morgan fingerprint density at radius 1 is 1.24 bits per heavy atom.